The van der Waals surface area contributed by atoms with Crippen molar-refractivity contribution in [1.82, 2.24) is 0 Å². The molecule has 0 heterocycles. The number of carbonyl (C=O) groups is 2. The summed E-state index contributed by atoms with van der Waals surface area (Å²) in [5.74, 6) is 2.38. The second-order valence-electron chi connectivity index (χ2n) is 8.14. The molecule has 0 aliphatic heterocycles. The Kier molecular flexibility index (Phi) is 4.46. The Labute approximate surface area is 149 Å². The van der Waals surface area contributed by atoms with Crippen LogP contribution in [-0.2, 0) is 9.59 Å². The third-order valence-corrected chi connectivity index (χ3v) is 7.22. The van der Waals surface area contributed by atoms with Crippen molar-refractivity contribution >= 4 is 28.5 Å². The summed E-state index contributed by atoms with van der Waals surface area (Å²) in [7, 11) is 0. The van der Waals surface area contributed by atoms with Crippen molar-refractivity contribution in [3.63, 3.8) is 0 Å². The van der Waals surface area contributed by atoms with Crippen LogP contribution in [0.5, 0.6) is 0 Å². The second-order valence-corrected chi connectivity index (χ2v) is 8.14. The molecule has 4 aliphatic carbocycles. The van der Waals surface area contributed by atoms with E-state index in [1.807, 2.05) is 6.08 Å². The van der Waals surface area contributed by atoms with E-state index in [0.717, 1.165) is 25.7 Å². The maximum Gasteiger partial charge on any atom is 0.156 e. The maximum absolute atomic E-state index is 12.1. The smallest absolute Gasteiger partial charge is 0.156 e. The minimum Gasteiger partial charge on any atom is -0.300 e. The molecule has 2 nitrogen and oxygen atoms in total. The Morgan fingerprint density at radius 3 is 2.65 bits per heavy atom. The van der Waals surface area contributed by atoms with Crippen LogP contribution in [0, 0.1) is 23.2 Å². The van der Waals surface area contributed by atoms with Gasteiger partial charge in [0.05, 0.1) is 0 Å². The molecule has 0 aromatic heterocycles. The van der Waals surface area contributed by atoms with Crippen molar-refractivity contribution in [2.45, 2.75) is 65.2 Å². The summed E-state index contributed by atoms with van der Waals surface area (Å²) in [5.41, 5.74) is 4.76. The Morgan fingerprint density at radius 2 is 1.91 bits per heavy atom. The van der Waals surface area contributed by atoms with Crippen LogP contribution in [0.1, 0.15) is 65.2 Å². The lowest BCUT2D eigenvalue weighted by Crippen LogP contribution is -2.41. The minimum atomic E-state index is 0. The zero-order valence-corrected chi connectivity index (χ0v) is 15.9. The van der Waals surface area contributed by atoms with Crippen LogP contribution in [-0.4, -0.2) is 11.6 Å². The molecule has 2 fully saturated rings. The van der Waals surface area contributed by atoms with Gasteiger partial charge in [-0.25, -0.2) is 0 Å². The number of hydrogen-bond donors (Lipinski definition) is 0. The fourth-order valence-corrected chi connectivity index (χ4v) is 6.20. The Morgan fingerprint density at radius 1 is 1.13 bits per heavy atom. The molecule has 3 heteroatoms. The highest BCUT2D eigenvalue weighted by Crippen LogP contribution is 2.62. The normalized spacial score (nSPS) is 39.0. The molecule has 4 rings (SSSR count). The number of carbonyl (C=O) groups excluding carboxylic acids is 2. The molecule has 0 aromatic carbocycles. The Balaban J connectivity index is 0.00000156. The van der Waals surface area contributed by atoms with Crippen LogP contribution in [0.2, 0.25) is 0 Å². The standard InChI is InChI=1S/C20H26O2.BrH/c1-12(21)18-7-8-19-17-5-3-13-11-14(22)4-6-15(13)16(17)9-10-20(18,19)2;/h11,17-19H,3-10H2,1-2H3;1H/t17-,18-,19+,20-;/m1./s1. The number of hydrogen-bond acceptors (Lipinski definition) is 2. The van der Waals surface area contributed by atoms with Crippen molar-refractivity contribution < 1.29 is 9.59 Å². The number of Topliss-reactive ketones (excluding diaryl/α,β-unsaturated/α-hetero) is 1. The van der Waals surface area contributed by atoms with Gasteiger partial charge in [-0.3, -0.25) is 9.59 Å². The molecular weight excluding hydrogens is 352 g/mol. The fourth-order valence-electron chi connectivity index (χ4n) is 6.20. The zero-order valence-electron chi connectivity index (χ0n) is 14.2. The summed E-state index contributed by atoms with van der Waals surface area (Å²) in [6.07, 6.45) is 10.5. The summed E-state index contributed by atoms with van der Waals surface area (Å²) < 4.78 is 0. The predicted octanol–water partition coefficient (Wildman–Crippen LogP) is 4.98. The molecule has 0 amide bonds. The van der Waals surface area contributed by atoms with E-state index in [0.29, 0.717) is 29.8 Å². The average molecular weight is 379 g/mol. The van der Waals surface area contributed by atoms with Crippen molar-refractivity contribution in [2.24, 2.45) is 23.2 Å². The highest BCUT2D eigenvalue weighted by molar-refractivity contribution is 8.93. The Hall–Kier alpha value is -0.700. The zero-order chi connectivity index (χ0) is 15.5. The average Bonchev–Trinajstić information content (AvgIpc) is 2.84. The molecule has 0 spiro atoms. The highest BCUT2D eigenvalue weighted by Gasteiger charge is 2.54. The van der Waals surface area contributed by atoms with Gasteiger partial charge in [0.15, 0.2) is 5.78 Å². The van der Waals surface area contributed by atoms with Crippen LogP contribution >= 0.6 is 17.0 Å². The third kappa shape index (κ3) is 2.50. The molecule has 0 unspecified atom stereocenters. The van der Waals surface area contributed by atoms with Gasteiger partial charge in [-0.1, -0.05) is 12.5 Å². The minimum absolute atomic E-state index is 0. The summed E-state index contributed by atoms with van der Waals surface area (Å²) in [5, 5.41) is 0. The van der Waals surface area contributed by atoms with E-state index in [1.165, 1.54) is 30.4 Å². The number of ketones is 2. The Bertz CT molecular complexity index is 615. The van der Waals surface area contributed by atoms with E-state index in [2.05, 4.69) is 6.92 Å². The largest absolute Gasteiger partial charge is 0.300 e. The first-order chi connectivity index (χ1) is 10.5. The first-order valence-corrected chi connectivity index (χ1v) is 8.97. The van der Waals surface area contributed by atoms with Gasteiger partial charge < -0.3 is 0 Å². The van der Waals surface area contributed by atoms with Crippen LogP contribution in [0.15, 0.2) is 22.8 Å². The topological polar surface area (TPSA) is 34.1 Å². The third-order valence-electron chi connectivity index (χ3n) is 7.22. The summed E-state index contributed by atoms with van der Waals surface area (Å²) >= 11 is 0. The van der Waals surface area contributed by atoms with Crippen LogP contribution in [0.4, 0.5) is 0 Å². The lowest BCUT2D eigenvalue weighted by atomic mass is 9.55. The van der Waals surface area contributed by atoms with Crippen molar-refractivity contribution in [3.8, 4) is 0 Å². The second kappa shape index (κ2) is 5.98. The molecule has 4 aliphatic rings. The molecule has 0 aromatic rings. The van der Waals surface area contributed by atoms with Crippen LogP contribution in [0.3, 0.4) is 0 Å². The fraction of sp³-hybridized carbons (Fsp3) is 0.700. The molecular formula is C20H27BrO2. The van der Waals surface area contributed by atoms with Crippen LogP contribution < -0.4 is 0 Å². The van der Waals surface area contributed by atoms with Gasteiger partial charge in [0.2, 0.25) is 0 Å². The van der Waals surface area contributed by atoms with Gasteiger partial charge >= 0.3 is 0 Å². The molecule has 0 bridgehead atoms. The number of fused-ring (bicyclic) bond motifs is 4. The molecule has 2 saturated carbocycles. The van der Waals surface area contributed by atoms with Crippen LogP contribution in [0.25, 0.3) is 0 Å². The van der Waals surface area contributed by atoms with E-state index in [-0.39, 0.29) is 28.3 Å². The molecule has 0 radical (unpaired) electrons. The van der Waals surface area contributed by atoms with Gasteiger partial charge in [0, 0.05) is 12.3 Å². The molecule has 0 N–H and O–H groups in total. The van der Waals surface area contributed by atoms with Crippen molar-refractivity contribution in [2.75, 3.05) is 0 Å². The number of rotatable bonds is 1. The first kappa shape index (κ1) is 17.1. The van der Waals surface area contributed by atoms with E-state index in [4.69, 9.17) is 0 Å². The van der Waals surface area contributed by atoms with E-state index in [1.54, 1.807) is 12.5 Å². The predicted molar refractivity (Wildman–Crippen MR) is 96.6 cm³/mol. The maximum atomic E-state index is 12.1. The lowest BCUT2D eigenvalue weighted by molar-refractivity contribution is -0.125. The van der Waals surface area contributed by atoms with Gasteiger partial charge in [0.1, 0.15) is 5.78 Å². The lowest BCUT2D eigenvalue weighted by Gasteiger charge is -2.49. The van der Waals surface area contributed by atoms with E-state index < -0.39 is 0 Å². The first-order valence-electron chi connectivity index (χ1n) is 8.97. The summed E-state index contributed by atoms with van der Waals surface area (Å²) in [6.45, 7) is 4.18. The van der Waals surface area contributed by atoms with Gasteiger partial charge in [0.25, 0.3) is 0 Å². The van der Waals surface area contributed by atoms with Gasteiger partial charge in [-0.2, -0.15) is 0 Å². The summed E-state index contributed by atoms with van der Waals surface area (Å²) in [4.78, 5) is 23.8. The highest BCUT2D eigenvalue weighted by atomic mass is 79.9. The van der Waals surface area contributed by atoms with E-state index >= 15 is 0 Å². The van der Waals surface area contributed by atoms with Crippen molar-refractivity contribution in [1.29, 1.82) is 0 Å². The molecule has 0 saturated heterocycles. The molecule has 4 atom stereocenters. The number of halogens is 1. The number of allylic oxidation sites excluding steroid dienone is 4. The van der Waals surface area contributed by atoms with Crippen molar-refractivity contribution in [3.05, 3.63) is 22.8 Å². The van der Waals surface area contributed by atoms with Gasteiger partial charge in [-0.05, 0) is 86.3 Å². The SMILES string of the molecule is Br.CC(=O)[C@H]1CC[C@H]2[C@@H]3CCC4=CC(=O)CCC4=C3CC[C@]12C. The molecule has 126 valence electrons. The van der Waals surface area contributed by atoms with E-state index in [9.17, 15) is 9.59 Å². The quantitative estimate of drug-likeness (QED) is 0.644. The summed E-state index contributed by atoms with van der Waals surface area (Å²) in [6, 6.07) is 0. The van der Waals surface area contributed by atoms with Gasteiger partial charge in [-0.15, -0.1) is 17.0 Å². The molecule has 23 heavy (non-hydrogen) atoms. The monoisotopic (exact) mass is 378 g/mol.